The minimum Gasteiger partial charge on any atom is -0.494 e. The number of para-hydroxylation sites is 1. The summed E-state index contributed by atoms with van der Waals surface area (Å²) in [4.78, 5) is 0. The van der Waals surface area contributed by atoms with Gasteiger partial charge in [-0.3, -0.25) is 9.29 Å². The zero-order valence-corrected chi connectivity index (χ0v) is 19.9. The molecule has 1 N–H and O–H groups in total. The number of pyridine rings is 1. The topological polar surface area (TPSA) is 91.6 Å². The number of furan rings is 1. The summed E-state index contributed by atoms with van der Waals surface area (Å²) in [6, 6.07) is 17.5. The molecule has 0 unspecified atom stereocenters. The Bertz CT molecular complexity index is 1370. The molecule has 0 bridgehead atoms. The fraction of sp³-hybridized carbons (Fsp3) is 0.208. The fourth-order valence-electron chi connectivity index (χ4n) is 3.71. The van der Waals surface area contributed by atoms with Crippen molar-refractivity contribution in [2.24, 2.45) is 0 Å². The number of nitrogens with one attached hydrogen (secondary N) is 1. The highest BCUT2D eigenvalue weighted by atomic mass is 32.2. The van der Waals surface area contributed by atoms with Gasteiger partial charge < -0.3 is 13.9 Å². The number of benzene rings is 1. The Morgan fingerprint density at radius 2 is 1.82 bits per heavy atom. The zero-order valence-electron chi connectivity index (χ0n) is 19.1. The first kappa shape index (κ1) is 21.9. The summed E-state index contributed by atoms with van der Waals surface area (Å²) in [5.74, 6) is 4.50. The third-order valence-corrected chi connectivity index (χ3v) is 6.03. The van der Waals surface area contributed by atoms with E-state index in [2.05, 4.69) is 26.1 Å². The van der Waals surface area contributed by atoms with Gasteiger partial charge in [-0.1, -0.05) is 12.1 Å². The molecule has 0 saturated carbocycles. The van der Waals surface area contributed by atoms with Gasteiger partial charge in [0.25, 0.3) is 0 Å². The van der Waals surface area contributed by atoms with Crippen molar-refractivity contribution in [1.82, 2.24) is 24.4 Å². The van der Waals surface area contributed by atoms with Crippen LogP contribution in [0, 0.1) is 6.92 Å². The average Bonchev–Trinajstić information content (AvgIpc) is 3.58. The minimum absolute atomic E-state index is 0.534. The SMILES string of the molecule is COc1cccc(OC)c1-n1c(NSCCc2cc3ccccn3n2)nnc1-c1ccc(C)o1. The van der Waals surface area contributed by atoms with Crippen molar-refractivity contribution in [3.63, 3.8) is 0 Å². The van der Waals surface area contributed by atoms with E-state index in [-0.39, 0.29) is 0 Å². The van der Waals surface area contributed by atoms with Crippen molar-refractivity contribution in [2.45, 2.75) is 13.3 Å². The summed E-state index contributed by atoms with van der Waals surface area (Å²) >= 11 is 1.53. The van der Waals surface area contributed by atoms with E-state index in [1.807, 2.05) is 70.7 Å². The molecule has 0 radical (unpaired) electrons. The van der Waals surface area contributed by atoms with Crippen LogP contribution in [0.15, 0.2) is 65.2 Å². The second-order valence-corrected chi connectivity index (χ2v) is 8.41. The van der Waals surface area contributed by atoms with Crippen molar-refractivity contribution in [1.29, 1.82) is 0 Å². The number of fused-ring (bicyclic) bond motifs is 1. The Balaban J connectivity index is 1.43. The first-order valence-corrected chi connectivity index (χ1v) is 11.7. The van der Waals surface area contributed by atoms with Crippen LogP contribution in [-0.4, -0.2) is 44.4 Å². The van der Waals surface area contributed by atoms with E-state index < -0.39 is 0 Å². The monoisotopic (exact) mass is 476 g/mol. The smallest absolute Gasteiger partial charge is 0.239 e. The van der Waals surface area contributed by atoms with Gasteiger partial charge in [0, 0.05) is 18.4 Å². The first-order valence-electron chi connectivity index (χ1n) is 10.7. The van der Waals surface area contributed by atoms with Gasteiger partial charge in [-0.05, 0) is 61.3 Å². The lowest BCUT2D eigenvalue weighted by molar-refractivity contribution is 0.391. The van der Waals surface area contributed by atoms with Crippen LogP contribution in [0.1, 0.15) is 11.5 Å². The van der Waals surface area contributed by atoms with Gasteiger partial charge in [0.15, 0.2) is 5.76 Å². The molecule has 0 fully saturated rings. The summed E-state index contributed by atoms with van der Waals surface area (Å²) in [6.07, 6.45) is 2.75. The summed E-state index contributed by atoms with van der Waals surface area (Å²) in [6.45, 7) is 1.89. The molecule has 0 aliphatic rings. The lowest BCUT2D eigenvalue weighted by atomic mass is 10.2. The number of hydrogen-bond donors (Lipinski definition) is 1. The van der Waals surface area contributed by atoms with Crippen molar-refractivity contribution in [3.05, 3.63) is 72.2 Å². The van der Waals surface area contributed by atoms with Gasteiger partial charge >= 0.3 is 0 Å². The number of methoxy groups -OCH3 is 2. The Morgan fingerprint density at radius 1 is 1.00 bits per heavy atom. The summed E-state index contributed by atoms with van der Waals surface area (Å²) in [7, 11) is 3.24. The fourth-order valence-corrected chi connectivity index (χ4v) is 4.39. The van der Waals surface area contributed by atoms with E-state index in [1.54, 1.807) is 14.2 Å². The number of rotatable bonds is 9. The van der Waals surface area contributed by atoms with Gasteiger partial charge in [-0.15, -0.1) is 10.2 Å². The maximum absolute atomic E-state index is 5.85. The average molecular weight is 477 g/mol. The highest BCUT2D eigenvalue weighted by Gasteiger charge is 2.24. The van der Waals surface area contributed by atoms with Gasteiger partial charge in [0.2, 0.25) is 11.8 Å². The Hall–Kier alpha value is -3.92. The number of ether oxygens (including phenoxy) is 2. The molecule has 34 heavy (non-hydrogen) atoms. The summed E-state index contributed by atoms with van der Waals surface area (Å²) in [5, 5.41) is 13.4. The number of hydrogen-bond acceptors (Lipinski definition) is 8. The van der Waals surface area contributed by atoms with Crippen LogP contribution in [0.4, 0.5) is 5.95 Å². The molecule has 174 valence electrons. The Morgan fingerprint density at radius 3 is 2.53 bits per heavy atom. The van der Waals surface area contributed by atoms with Crippen molar-refractivity contribution in [3.8, 4) is 28.8 Å². The second-order valence-electron chi connectivity index (χ2n) is 7.51. The van der Waals surface area contributed by atoms with Gasteiger partial charge in [-0.25, -0.2) is 4.52 Å². The predicted molar refractivity (Wildman–Crippen MR) is 132 cm³/mol. The van der Waals surface area contributed by atoms with Crippen molar-refractivity contribution >= 4 is 23.4 Å². The standard InChI is InChI=1S/C24H24N6O3S/c1-16-10-11-21(33-16)23-25-26-24(30(23)22-19(31-2)8-6-9-20(22)32-3)28-34-14-12-17-15-18-7-4-5-13-29(18)27-17/h4-11,13,15H,12,14H2,1-3H3,(H,26,28). The van der Waals surface area contributed by atoms with Crippen LogP contribution in [-0.2, 0) is 6.42 Å². The van der Waals surface area contributed by atoms with Crippen LogP contribution >= 0.6 is 11.9 Å². The third-order valence-electron chi connectivity index (χ3n) is 5.29. The van der Waals surface area contributed by atoms with Crippen LogP contribution in [0.5, 0.6) is 11.5 Å². The number of aromatic nitrogens is 5. The predicted octanol–water partition coefficient (Wildman–Crippen LogP) is 4.80. The van der Waals surface area contributed by atoms with E-state index in [1.165, 1.54) is 11.9 Å². The maximum atomic E-state index is 5.85. The summed E-state index contributed by atoms with van der Waals surface area (Å²) < 4.78 is 24.2. The van der Waals surface area contributed by atoms with Crippen molar-refractivity contribution < 1.29 is 13.9 Å². The van der Waals surface area contributed by atoms with Crippen molar-refractivity contribution in [2.75, 3.05) is 24.7 Å². The molecule has 5 aromatic rings. The molecule has 0 aliphatic carbocycles. The minimum atomic E-state index is 0.534. The van der Waals surface area contributed by atoms with Crippen LogP contribution in [0.2, 0.25) is 0 Å². The van der Waals surface area contributed by atoms with Crippen LogP contribution in [0.3, 0.4) is 0 Å². The molecule has 0 amide bonds. The van der Waals surface area contributed by atoms with E-state index >= 15 is 0 Å². The molecule has 0 aliphatic heterocycles. The molecule has 4 aromatic heterocycles. The Kier molecular flexibility index (Phi) is 6.13. The van der Waals surface area contributed by atoms with Gasteiger partial charge in [0.1, 0.15) is 22.9 Å². The molecule has 0 saturated heterocycles. The molecule has 10 heteroatoms. The maximum Gasteiger partial charge on any atom is 0.239 e. The normalized spacial score (nSPS) is 11.1. The summed E-state index contributed by atoms with van der Waals surface area (Å²) in [5.41, 5.74) is 2.79. The molecular formula is C24H24N6O3S. The molecule has 9 nitrogen and oxygen atoms in total. The molecule has 1 aromatic carbocycles. The number of nitrogens with zero attached hydrogens (tertiary/aromatic N) is 5. The highest BCUT2D eigenvalue weighted by molar-refractivity contribution is 8.00. The molecule has 5 rings (SSSR count). The molecular weight excluding hydrogens is 452 g/mol. The first-order chi connectivity index (χ1) is 16.7. The molecule has 0 spiro atoms. The molecule has 0 atom stereocenters. The zero-order chi connectivity index (χ0) is 23.5. The van der Waals surface area contributed by atoms with Crippen LogP contribution in [0.25, 0.3) is 22.8 Å². The number of anilines is 1. The quantitative estimate of drug-likeness (QED) is 0.240. The van der Waals surface area contributed by atoms with Crippen LogP contribution < -0.4 is 14.2 Å². The third kappa shape index (κ3) is 4.19. The Labute approximate surface area is 200 Å². The van der Waals surface area contributed by atoms with E-state index in [0.29, 0.717) is 34.7 Å². The highest BCUT2D eigenvalue weighted by Crippen LogP contribution is 2.38. The molecule has 4 heterocycles. The lowest BCUT2D eigenvalue weighted by Crippen LogP contribution is -2.07. The van der Waals surface area contributed by atoms with E-state index in [9.17, 15) is 0 Å². The lowest BCUT2D eigenvalue weighted by Gasteiger charge is -2.16. The van der Waals surface area contributed by atoms with Gasteiger partial charge in [-0.2, -0.15) is 5.10 Å². The second kappa shape index (κ2) is 9.52. The number of aryl methyl sites for hydroxylation is 2. The van der Waals surface area contributed by atoms with E-state index in [4.69, 9.17) is 13.9 Å². The largest absolute Gasteiger partial charge is 0.494 e. The van der Waals surface area contributed by atoms with Gasteiger partial charge in [0.05, 0.1) is 25.4 Å². The van der Waals surface area contributed by atoms with E-state index in [0.717, 1.165) is 29.1 Å².